The molecule has 0 spiro atoms. The van der Waals surface area contributed by atoms with E-state index >= 15 is 0 Å². The van der Waals surface area contributed by atoms with Crippen LogP contribution in [0.2, 0.25) is 0 Å². The highest BCUT2D eigenvalue weighted by Crippen LogP contribution is 2.21. The van der Waals surface area contributed by atoms with Gasteiger partial charge in [-0.05, 0) is 59.1 Å². The largest absolute Gasteiger partial charge is 0.444 e. The zero-order valence-corrected chi connectivity index (χ0v) is 14.6. The van der Waals surface area contributed by atoms with Crippen LogP contribution < -0.4 is 11.1 Å². The van der Waals surface area contributed by atoms with Crippen molar-refractivity contribution >= 4 is 33.4 Å². The maximum atomic E-state index is 12.7. The lowest BCUT2D eigenvalue weighted by Crippen LogP contribution is -2.39. The van der Waals surface area contributed by atoms with E-state index in [4.69, 9.17) is 10.2 Å². The van der Waals surface area contributed by atoms with Crippen LogP contribution in [0.5, 0.6) is 0 Å². The van der Waals surface area contributed by atoms with Gasteiger partial charge in [0.15, 0.2) is 10.4 Å². The molecule has 0 radical (unpaired) electrons. The van der Waals surface area contributed by atoms with Gasteiger partial charge in [0, 0.05) is 30.4 Å². The summed E-state index contributed by atoms with van der Waals surface area (Å²) in [5.41, 5.74) is 6.82. The van der Waals surface area contributed by atoms with Crippen molar-refractivity contribution in [2.45, 2.75) is 18.9 Å². The van der Waals surface area contributed by atoms with Crippen molar-refractivity contribution in [3.05, 3.63) is 52.4 Å². The number of hydrogen-bond acceptors (Lipinski definition) is 4. The number of likely N-dealkylation sites (tertiary alicyclic amines) is 1. The summed E-state index contributed by atoms with van der Waals surface area (Å²) < 4.78 is 5.71. The van der Waals surface area contributed by atoms with Gasteiger partial charge in [-0.25, -0.2) is 0 Å². The van der Waals surface area contributed by atoms with Gasteiger partial charge < -0.3 is 20.4 Å². The summed E-state index contributed by atoms with van der Waals surface area (Å²) in [6, 6.07) is 10.2. The van der Waals surface area contributed by atoms with Crippen molar-refractivity contribution in [3.8, 4) is 0 Å². The Morgan fingerprint density at radius 2 is 2.17 bits per heavy atom. The third-order valence-electron chi connectivity index (χ3n) is 4.07. The van der Waals surface area contributed by atoms with Crippen LogP contribution in [-0.2, 0) is 0 Å². The second-order valence-electron chi connectivity index (χ2n) is 5.67. The summed E-state index contributed by atoms with van der Waals surface area (Å²) in [5, 5.41) is 2.73. The second kappa shape index (κ2) is 7.19. The van der Waals surface area contributed by atoms with E-state index in [1.54, 1.807) is 36.4 Å². The summed E-state index contributed by atoms with van der Waals surface area (Å²) in [6.45, 7) is 1.19. The Labute approximate surface area is 148 Å². The van der Waals surface area contributed by atoms with Crippen LogP contribution in [0.4, 0.5) is 5.69 Å². The lowest BCUT2D eigenvalue weighted by molar-refractivity contribution is 0.0741. The van der Waals surface area contributed by atoms with Crippen LogP contribution in [0, 0.1) is 0 Å². The van der Waals surface area contributed by atoms with Gasteiger partial charge in [-0.15, -0.1) is 0 Å². The molecule has 0 bridgehead atoms. The molecule has 1 atom stereocenters. The highest BCUT2D eigenvalue weighted by molar-refractivity contribution is 9.10. The summed E-state index contributed by atoms with van der Waals surface area (Å²) in [7, 11) is 0. The van der Waals surface area contributed by atoms with Crippen molar-refractivity contribution in [1.29, 1.82) is 0 Å². The Kier molecular flexibility index (Phi) is 5.01. The molecule has 7 heteroatoms. The lowest BCUT2D eigenvalue weighted by Gasteiger charge is -2.23. The number of carbonyl (C=O) groups is 2. The molecule has 6 nitrogen and oxygen atoms in total. The van der Waals surface area contributed by atoms with Crippen molar-refractivity contribution in [1.82, 2.24) is 4.90 Å². The molecule has 0 aliphatic carbocycles. The van der Waals surface area contributed by atoms with Gasteiger partial charge in [-0.3, -0.25) is 9.59 Å². The minimum Gasteiger partial charge on any atom is -0.444 e. The average Bonchev–Trinajstić information content (AvgIpc) is 3.23. The Bertz CT molecular complexity index is 759. The fourth-order valence-corrected chi connectivity index (χ4v) is 3.18. The zero-order chi connectivity index (χ0) is 17.1. The molecule has 1 saturated heterocycles. The SMILES string of the molecule is NCC1CCCN1C(=O)c1cccc(NC(=O)c2ccc(Br)o2)c1. The standard InChI is InChI=1S/C17H18BrN3O3/c18-15-7-6-14(24-15)16(22)20-12-4-1-3-11(9-12)17(23)21-8-2-5-13(21)10-19/h1,3-4,6-7,9,13H,2,5,8,10,19H2,(H,20,22). The molecule has 1 aromatic heterocycles. The minimum atomic E-state index is -0.369. The summed E-state index contributed by atoms with van der Waals surface area (Å²) in [4.78, 5) is 26.6. The first-order chi connectivity index (χ1) is 11.6. The number of halogens is 1. The van der Waals surface area contributed by atoms with Gasteiger partial charge in [0.1, 0.15) is 0 Å². The Morgan fingerprint density at radius 1 is 1.33 bits per heavy atom. The van der Waals surface area contributed by atoms with Gasteiger partial charge >= 0.3 is 0 Å². The second-order valence-corrected chi connectivity index (χ2v) is 6.45. The van der Waals surface area contributed by atoms with Crippen molar-refractivity contribution in [3.63, 3.8) is 0 Å². The van der Waals surface area contributed by atoms with Crippen LogP contribution >= 0.6 is 15.9 Å². The molecule has 3 rings (SSSR count). The molecule has 1 fully saturated rings. The lowest BCUT2D eigenvalue weighted by atomic mass is 10.1. The summed E-state index contributed by atoms with van der Waals surface area (Å²) in [6.07, 6.45) is 1.91. The highest BCUT2D eigenvalue weighted by atomic mass is 79.9. The molecule has 1 unspecified atom stereocenters. The van der Waals surface area contributed by atoms with E-state index in [-0.39, 0.29) is 23.6 Å². The van der Waals surface area contributed by atoms with Crippen LogP contribution in [0.25, 0.3) is 0 Å². The summed E-state index contributed by atoms with van der Waals surface area (Å²) in [5.74, 6) is -0.229. The minimum absolute atomic E-state index is 0.0557. The first-order valence-corrected chi connectivity index (χ1v) is 8.55. The monoisotopic (exact) mass is 391 g/mol. The number of amides is 2. The molecule has 1 aliphatic rings. The predicted octanol–water partition coefficient (Wildman–Crippen LogP) is 2.86. The van der Waals surface area contributed by atoms with Gasteiger partial charge in [0.2, 0.25) is 0 Å². The van der Waals surface area contributed by atoms with E-state index in [0.29, 0.717) is 22.5 Å². The molecule has 24 heavy (non-hydrogen) atoms. The number of nitrogens with zero attached hydrogens (tertiary/aromatic N) is 1. The van der Waals surface area contributed by atoms with E-state index in [9.17, 15) is 9.59 Å². The number of nitrogens with one attached hydrogen (secondary N) is 1. The third-order valence-corrected chi connectivity index (χ3v) is 4.50. The van der Waals surface area contributed by atoms with Gasteiger partial charge in [0.25, 0.3) is 11.8 Å². The summed E-state index contributed by atoms with van der Waals surface area (Å²) >= 11 is 3.16. The first kappa shape index (κ1) is 16.7. The number of benzene rings is 1. The number of nitrogens with two attached hydrogens (primary N) is 1. The molecule has 2 aromatic rings. The zero-order valence-electron chi connectivity index (χ0n) is 13.0. The van der Waals surface area contributed by atoms with Crippen LogP contribution in [0.1, 0.15) is 33.8 Å². The smallest absolute Gasteiger partial charge is 0.291 e. The van der Waals surface area contributed by atoms with Gasteiger partial charge in [-0.2, -0.15) is 0 Å². The van der Waals surface area contributed by atoms with E-state index in [2.05, 4.69) is 21.2 Å². The molecule has 2 amide bonds. The molecule has 126 valence electrons. The van der Waals surface area contributed by atoms with Crippen LogP contribution in [0.3, 0.4) is 0 Å². The fourth-order valence-electron chi connectivity index (χ4n) is 2.87. The quantitative estimate of drug-likeness (QED) is 0.838. The molecular formula is C17H18BrN3O3. The first-order valence-electron chi connectivity index (χ1n) is 7.76. The van der Waals surface area contributed by atoms with E-state index in [1.165, 1.54) is 0 Å². The van der Waals surface area contributed by atoms with Crippen molar-refractivity contribution < 1.29 is 14.0 Å². The fraction of sp³-hybridized carbons (Fsp3) is 0.294. The van der Waals surface area contributed by atoms with Crippen molar-refractivity contribution in [2.24, 2.45) is 5.73 Å². The molecule has 1 aliphatic heterocycles. The molecule has 2 heterocycles. The molecule has 0 saturated carbocycles. The highest BCUT2D eigenvalue weighted by Gasteiger charge is 2.28. The Hall–Kier alpha value is -2.12. The average molecular weight is 392 g/mol. The van der Waals surface area contributed by atoms with Gasteiger partial charge in [-0.1, -0.05) is 6.07 Å². The third kappa shape index (κ3) is 3.52. The normalized spacial score (nSPS) is 17.1. The number of hydrogen-bond donors (Lipinski definition) is 2. The number of anilines is 1. The van der Waals surface area contributed by atoms with Gasteiger partial charge in [0.05, 0.1) is 0 Å². The molecular weight excluding hydrogens is 374 g/mol. The van der Waals surface area contributed by atoms with Crippen LogP contribution in [0.15, 0.2) is 45.5 Å². The van der Waals surface area contributed by atoms with E-state index in [1.807, 2.05) is 4.90 Å². The number of furan rings is 1. The molecule has 1 aromatic carbocycles. The number of carbonyl (C=O) groups excluding carboxylic acids is 2. The predicted molar refractivity (Wildman–Crippen MR) is 93.9 cm³/mol. The molecule has 3 N–H and O–H groups in total. The topological polar surface area (TPSA) is 88.6 Å². The Balaban J connectivity index is 1.74. The maximum absolute atomic E-state index is 12.7. The van der Waals surface area contributed by atoms with Crippen LogP contribution in [-0.4, -0.2) is 35.8 Å². The van der Waals surface area contributed by atoms with E-state index < -0.39 is 0 Å². The van der Waals surface area contributed by atoms with Crippen molar-refractivity contribution in [2.75, 3.05) is 18.4 Å². The Morgan fingerprint density at radius 3 is 2.88 bits per heavy atom. The maximum Gasteiger partial charge on any atom is 0.291 e. The van der Waals surface area contributed by atoms with E-state index in [0.717, 1.165) is 19.4 Å². The number of rotatable bonds is 4.